The van der Waals surface area contributed by atoms with Crippen molar-refractivity contribution >= 4 is 17.0 Å². The van der Waals surface area contributed by atoms with Gasteiger partial charge in [-0.1, -0.05) is 6.07 Å². The molecule has 0 saturated heterocycles. The van der Waals surface area contributed by atoms with Crippen molar-refractivity contribution in [3.8, 4) is 28.4 Å². The number of hydrogen-bond acceptors (Lipinski definition) is 9. The van der Waals surface area contributed by atoms with Crippen LogP contribution in [0.1, 0.15) is 11.3 Å². The Balaban J connectivity index is 1.49. The van der Waals surface area contributed by atoms with Crippen LogP contribution >= 0.6 is 0 Å². The number of aromatic hydroxyl groups is 1. The number of nitrogens with zero attached hydrogens (tertiary/aromatic N) is 2. The highest BCUT2D eigenvalue weighted by molar-refractivity contribution is 5.93. The van der Waals surface area contributed by atoms with Crippen molar-refractivity contribution in [3.05, 3.63) is 68.6 Å². The van der Waals surface area contributed by atoms with Crippen LogP contribution in [-0.2, 0) is 6.54 Å². The quantitative estimate of drug-likeness (QED) is 0.441. The maximum atomic E-state index is 12.9. The molecule has 0 unspecified atom stereocenters. The fourth-order valence-electron chi connectivity index (χ4n) is 3.58. The number of rotatable bonds is 4. The Hall–Kier alpha value is -4.34. The fourth-order valence-corrected chi connectivity index (χ4v) is 3.58. The first kappa shape index (κ1) is 19.6. The number of H-pyrrole nitrogens is 1. The smallest absolute Gasteiger partial charge is 0.347 e. The van der Waals surface area contributed by atoms with Crippen LogP contribution in [0.5, 0.6) is 17.2 Å². The van der Waals surface area contributed by atoms with Gasteiger partial charge in [-0.15, -0.1) is 0 Å². The summed E-state index contributed by atoms with van der Waals surface area (Å²) in [4.78, 5) is 36.4. The number of aryl methyl sites for hydroxylation is 1. The zero-order chi connectivity index (χ0) is 22.2. The summed E-state index contributed by atoms with van der Waals surface area (Å²) in [5.41, 5.74) is -0.172. The number of ether oxygens (including phenoxy) is 2. The van der Waals surface area contributed by atoms with Crippen molar-refractivity contribution in [2.45, 2.75) is 13.5 Å². The highest BCUT2D eigenvalue weighted by Crippen LogP contribution is 2.31. The molecule has 5 rings (SSSR count). The van der Waals surface area contributed by atoms with Gasteiger partial charge in [-0.3, -0.25) is 9.78 Å². The van der Waals surface area contributed by atoms with Crippen molar-refractivity contribution in [2.24, 2.45) is 0 Å². The molecule has 4 aromatic rings. The zero-order valence-electron chi connectivity index (χ0n) is 17.0. The van der Waals surface area contributed by atoms with E-state index in [0.717, 1.165) is 5.56 Å². The number of anilines is 1. The molecular formula is C22H18N4O6. The Bertz CT molecular complexity index is 1460. The van der Waals surface area contributed by atoms with Crippen LogP contribution in [0.15, 0.2) is 50.5 Å². The molecule has 3 aromatic heterocycles. The molecule has 1 aliphatic rings. The van der Waals surface area contributed by atoms with Gasteiger partial charge in [0.1, 0.15) is 30.3 Å². The van der Waals surface area contributed by atoms with Crippen molar-refractivity contribution in [3.63, 3.8) is 0 Å². The number of pyridine rings is 1. The van der Waals surface area contributed by atoms with E-state index >= 15 is 0 Å². The van der Waals surface area contributed by atoms with Crippen LogP contribution in [0, 0.1) is 6.92 Å². The van der Waals surface area contributed by atoms with E-state index in [9.17, 15) is 14.7 Å². The summed E-state index contributed by atoms with van der Waals surface area (Å²) in [5.74, 6) is 1.54. The predicted octanol–water partition coefficient (Wildman–Crippen LogP) is 2.34. The van der Waals surface area contributed by atoms with Crippen molar-refractivity contribution in [1.82, 2.24) is 15.0 Å². The predicted molar refractivity (Wildman–Crippen MR) is 115 cm³/mol. The summed E-state index contributed by atoms with van der Waals surface area (Å²) < 4.78 is 16.2. The van der Waals surface area contributed by atoms with Gasteiger partial charge in [-0.05, 0) is 30.7 Å². The molecule has 4 heterocycles. The number of benzene rings is 1. The molecule has 0 saturated carbocycles. The molecule has 0 bridgehead atoms. The van der Waals surface area contributed by atoms with E-state index in [-0.39, 0.29) is 39.6 Å². The van der Waals surface area contributed by atoms with Gasteiger partial charge in [0.2, 0.25) is 5.95 Å². The molecule has 0 fully saturated rings. The van der Waals surface area contributed by atoms with E-state index < -0.39 is 11.2 Å². The van der Waals surface area contributed by atoms with Crippen LogP contribution in [0.2, 0.25) is 0 Å². The lowest BCUT2D eigenvalue weighted by Crippen LogP contribution is -2.17. The first-order valence-corrected chi connectivity index (χ1v) is 9.85. The van der Waals surface area contributed by atoms with Gasteiger partial charge in [0.15, 0.2) is 17.1 Å². The number of hydrogen-bond donors (Lipinski definition) is 3. The summed E-state index contributed by atoms with van der Waals surface area (Å²) in [6, 6.07) is 8.35. The normalized spacial score (nSPS) is 12.7. The van der Waals surface area contributed by atoms with Crippen LogP contribution in [0.4, 0.5) is 5.95 Å². The van der Waals surface area contributed by atoms with Crippen molar-refractivity contribution in [2.75, 3.05) is 18.5 Å². The van der Waals surface area contributed by atoms with E-state index in [1.54, 1.807) is 6.92 Å². The second-order valence-corrected chi connectivity index (χ2v) is 7.21. The SMILES string of the molecule is Cc1cc(O)c(-c2ccnc3nc(NCc4ccc5c(c4)OCCO5)[nH]c(=O)c23)c(=O)o1. The molecular weight excluding hydrogens is 416 g/mol. The van der Waals surface area contributed by atoms with E-state index in [1.807, 2.05) is 18.2 Å². The summed E-state index contributed by atoms with van der Waals surface area (Å²) >= 11 is 0. The summed E-state index contributed by atoms with van der Waals surface area (Å²) in [6.45, 7) is 2.92. The van der Waals surface area contributed by atoms with Crippen molar-refractivity contribution in [1.29, 1.82) is 0 Å². The molecule has 1 aromatic carbocycles. The van der Waals surface area contributed by atoms with Gasteiger partial charge in [0.25, 0.3) is 5.56 Å². The fraction of sp³-hybridized carbons (Fsp3) is 0.182. The van der Waals surface area contributed by atoms with Crippen LogP contribution < -0.4 is 26.0 Å². The molecule has 3 N–H and O–H groups in total. The lowest BCUT2D eigenvalue weighted by molar-refractivity contribution is 0.171. The Morgan fingerprint density at radius 1 is 1.12 bits per heavy atom. The highest BCUT2D eigenvalue weighted by atomic mass is 16.6. The number of aromatic amines is 1. The monoisotopic (exact) mass is 434 g/mol. The maximum absolute atomic E-state index is 12.9. The first-order valence-electron chi connectivity index (χ1n) is 9.85. The Morgan fingerprint density at radius 2 is 1.94 bits per heavy atom. The van der Waals surface area contributed by atoms with E-state index in [2.05, 4.69) is 20.3 Å². The van der Waals surface area contributed by atoms with Crippen molar-refractivity contribution < 1.29 is 19.0 Å². The topological polar surface area (TPSA) is 140 Å². The minimum absolute atomic E-state index is 0.0730. The average molecular weight is 434 g/mol. The lowest BCUT2D eigenvalue weighted by atomic mass is 10.0. The second-order valence-electron chi connectivity index (χ2n) is 7.21. The highest BCUT2D eigenvalue weighted by Gasteiger charge is 2.19. The molecule has 162 valence electrons. The molecule has 0 atom stereocenters. The third kappa shape index (κ3) is 3.51. The van der Waals surface area contributed by atoms with Gasteiger partial charge in [-0.25, -0.2) is 9.78 Å². The average Bonchev–Trinajstić information content (AvgIpc) is 2.77. The summed E-state index contributed by atoms with van der Waals surface area (Å²) in [5, 5.41) is 13.4. The van der Waals surface area contributed by atoms with Crippen LogP contribution in [-0.4, -0.2) is 33.3 Å². The van der Waals surface area contributed by atoms with Gasteiger partial charge in [0, 0.05) is 24.4 Å². The zero-order valence-corrected chi connectivity index (χ0v) is 17.0. The van der Waals surface area contributed by atoms with Gasteiger partial charge >= 0.3 is 5.63 Å². The second kappa shape index (κ2) is 7.73. The number of aromatic nitrogens is 3. The lowest BCUT2D eigenvalue weighted by Gasteiger charge is -2.19. The Labute approximate surface area is 180 Å². The van der Waals surface area contributed by atoms with Crippen LogP contribution in [0.25, 0.3) is 22.2 Å². The van der Waals surface area contributed by atoms with E-state index in [4.69, 9.17) is 13.9 Å². The minimum Gasteiger partial charge on any atom is -0.507 e. The summed E-state index contributed by atoms with van der Waals surface area (Å²) in [7, 11) is 0. The Morgan fingerprint density at radius 3 is 2.75 bits per heavy atom. The van der Waals surface area contributed by atoms with Crippen LogP contribution in [0.3, 0.4) is 0 Å². The molecule has 10 heteroatoms. The molecule has 1 aliphatic heterocycles. The number of nitrogens with one attached hydrogen (secondary N) is 2. The largest absolute Gasteiger partial charge is 0.507 e. The molecule has 0 radical (unpaired) electrons. The van der Waals surface area contributed by atoms with Gasteiger partial charge in [-0.2, -0.15) is 4.98 Å². The van der Waals surface area contributed by atoms with E-state index in [1.165, 1.54) is 18.3 Å². The number of fused-ring (bicyclic) bond motifs is 2. The maximum Gasteiger partial charge on any atom is 0.347 e. The molecule has 0 spiro atoms. The Kier molecular flexibility index (Phi) is 4.74. The standard InChI is InChI=1S/C22H18N4O6/c1-11-8-14(27)17(21(29)32-11)13-4-5-23-19-18(13)20(28)26-22(25-19)24-10-12-2-3-15-16(9-12)31-7-6-30-15/h2-5,8-9,27H,6-7,10H2,1H3,(H2,23,24,25,26,28). The van der Waals surface area contributed by atoms with E-state index in [0.29, 0.717) is 31.3 Å². The van der Waals surface area contributed by atoms with Gasteiger partial charge < -0.3 is 24.3 Å². The molecule has 0 amide bonds. The molecule has 10 nitrogen and oxygen atoms in total. The molecule has 32 heavy (non-hydrogen) atoms. The first-order chi connectivity index (χ1) is 15.5. The third-order valence-electron chi connectivity index (χ3n) is 5.00. The minimum atomic E-state index is -0.754. The van der Waals surface area contributed by atoms with Gasteiger partial charge in [0.05, 0.1) is 5.39 Å². The molecule has 0 aliphatic carbocycles. The third-order valence-corrected chi connectivity index (χ3v) is 5.00. The summed E-state index contributed by atoms with van der Waals surface area (Å²) in [6.07, 6.45) is 1.41.